The zero-order chi connectivity index (χ0) is 16.3. The fourth-order valence-electron chi connectivity index (χ4n) is 1.98. The van der Waals surface area contributed by atoms with Gasteiger partial charge in [-0.25, -0.2) is 0 Å². The van der Waals surface area contributed by atoms with Crippen LogP contribution in [-0.4, -0.2) is 29.9 Å². The average molecular weight is 302 g/mol. The monoisotopic (exact) mass is 302 g/mol. The first kappa shape index (κ1) is 17.5. The third-order valence-electron chi connectivity index (χ3n) is 2.69. The molecule has 0 fully saturated rings. The smallest absolute Gasteiger partial charge is 0.350 e. The molecule has 0 aliphatic heterocycles. The molecular formula is C15H21F3N2O. The van der Waals surface area contributed by atoms with Crippen molar-refractivity contribution >= 4 is 5.91 Å². The molecule has 0 radical (unpaired) electrons. The van der Waals surface area contributed by atoms with Gasteiger partial charge in [-0.1, -0.05) is 18.2 Å². The number of alkyl halides is 3. The van der Waals surface area contributed by atoms with Crippen molar-refractivity contribution in [3.8, 4) is 0 Å². The lowest BCUT2D eigenvalue weighted by Crippen LogP contribution is -2.45. The van der Waals surface area contributed by atoms with Gasteiger partial charge in [-0.05, 0) is 39.4 Å². The van der Waals surface area contributed by atoms with Gasteiger partial charge in [0.1, 0.15) is 0 Å². The van der Waals surface area contributed by atoms with Crippen molar-refractivity contribution in [2.75, 3.05) is 13.6 Å². The Balaban J connectivity index is 2.72. The molecule has 1 amide bonds. The van der Waals surface area contributed by atoms with Gasteiger partial charge in [0.2, 0.25) is 5.91 Å². The molecule has 0 unspecified atom stereocenters. The first-order valence-corrected chi connectivity index (χ1v) is 6.64. The lowest BCUT2D eigenvalue weighted by molar-refractivity contribution is -0.138. The van der Waals surface area contributed by atoms with Crippen molar-refractivity contribution < 1.29 is 18.0 Å². The minimum Gasteiger partial charge on any atom is -0.350 e. The van der Waals surface area contributed by atoms with Crippen LogP contribution in [0.1, 0.15) is 31.9 Å². The number of carbonyl (C=O) groups is 1. The highest BCUT2D eigenvalue weighted by molar-refractivity contribution is 5.78. The summed E-state index contributed by atoms with van der Waals surface area (Å²) in [5, 5.41) is 2.78. The molecule has 0 saturated heterocycles. The average Bonchev–Trinajstić information content (AvgIpc) is 2.24. The summed E-state index contributed by atoms with van der Waals surface area (Å²) >= 11 is 0. The van der Waals surface area contributed by atoms with Crippen LogP contribution in [0.4, 0.5) is 13.2 Å². The molecule has 1 N–H and O–H groups in total. The number of likely N-dealkylation sites (N-methyl/N-ethyl adjacent to an activating group) is 1. The van der Waals surface area contributed by atoms with E-state index in [0.29, 0.717) is 0 Å². The Hall–Kier alpha value is -1.56. The van der Waals surface area contributed by atoms with Crippen LogP contribution in [0.3, 0.4) is 0 Å². The van der Waals surface area contributed by atoms with Gasteiger partial charge in [-0.2, -0.15) is 13.2 Å². The second-order valence-corrected chi connectivity index (χ2v) is 6.13. The van der Waals surface area contributed by atoms with Gasteiger partial charge < -0.3 is 5.32 Å². The Morgan fingerprint density at radius 2 is 1.76 bits per heavy atom. The van der Waals surface area contributed by atoms with Crippen LogP contribution in [0.5, 0.6) is 0 Å². The van der Waals surface area contributed by atoms with Crippen LogP contribution < -0.4 is 5.32 Å². The molecule has 0 bridgehead atoms. The maximum Gasteiger partial charge on any atom is 0.416 e. The van der Waals surface area contributed by atoms with Crippen molar-refractivity contribution in [2.24, 2.45) is 0 Å². The van der Waals surface area contributed by atoms with Crippen LogP contribution in [-0.2, 0) is 17.5 Å². The summed E-state index contributed by atoms with van der Waals surface area (Å²) in [5.41, 5.74) is -0.855. The molecule has 6 heteroatoms. The molecule has 0 aromatic heterocycles. The number of carbonyl (C=O) groups excluding carboxylic acids is 1. The van der Waals surface area contributed by atoms with E-state index in [1.54, 1.807) is 18.0 Å². The van der Waals surface area contributed by atoms with Gasteiger partial charge >= 0.3 is 6.18 Å². The van der Waals surface area contributed by atoms with Crippen molar-refractivity contribution in [1.29, 1.82) is 0 Å². The number of halogens is 3. The summed E-state index contributed by atoms with van der Waals surface area (Å²) in [6.07, 6.45) is -4.38. The highest BCUT2D eigenvalue weighted by Gasteiger charge is 2.33. The predicted octanol–water partition coefficient (Wildman–Crippen LogP) is 3.05. The third kappa shape index (κ3) is 6.16. The summed E-state index contributed by atoms with van der Waals surface area (Å²) in [6, 6.07) is 5.41. The van der Waals surface area contributed by atoms with E-state index in [1.165, 1.54) is 12.1 Å². The van der Waals surface area contributed by atoms with E-state index in [4.69, 9.17) is 0 Å². The Bertz CT molecular complexity index is 492. The molecule has 0 heterocycles. The summed E-state index contributed by atoms with van der Waals surface area (Å²) in [6.45, 7) is 5.66. The second kappa shape index (κ2) is 6.47. The van der Waals surface area contributed by atoms with Gasteiger partial charge in [-0.15, -0.1) is 0 Å². The van der Waals surface area contributed by atoms with E-state index in [2.05, 4.69) is 5.32 Å². The molecule has 118 valence electrons. The number of nitrogens with zero attached hydrogens (tertiary/aromatic N) is 1. The maximum absolute atomic E-state index is 12.9. The zero-order valence-corrected chi connectivity index (χ0v) is 12.7. The van der Waals surface area contributed by atoms with Crippen molar-refractivity contribution in [3.63, 3.8) is 0 Å². The van der Waals surface area contributed by atoms with Crippen molar-refractivity contribution in [2.45, 2.75) is 39.0 Å². The Kier molecular flexibility index (Phi) is 5.39. The van der Waals surface area contributed by atoms with Gasteiger partial charge in [0.25, 0.3) is 0 Å². The molecular weight excluding hydrogens is 281 g/mol. The highest BCUT2D eigenvalue weighted by atomic mass is 19.4. The van der Waals surface area contributed by atoms with Crippen LogP contribution in [0.25, 0.3) is 0 Å². The molecule has 0 atom stereocenters. The number of benzene rings is 1. The number of hydrogen-bond donors (Lipinski definition) is 1. The number of amides is 1. The number of hydrogen-bond acceptors (Lipinski definition) is 2. The molecule has 1 aromatic rings. The third-order valence-corrected chi connectivity index (χ3v) is 2.69. The Labute approximate surface area is 123 Å². The Morgan fingerprint density at radius 1 is 1.19 bits per heavy atom. The van der Waals surface area contributed by atoms with E-state index in [0.717, 1.165) is 6.07 Å². The normalized spacial score (nSPS) is 12.6. The van der Waals surface area contributed by atoms with Gasteiger partial charge in [0.15, 0.2) is 0 Å². The van der Waals surface area contributed by atoms with Crippen LogP contribution in [0.2, 0.25) is 0 Å². The quantitative estimate of drug-likeness (QED) is 0.927. The van der Waals surface area contributed by atoms with Crippen LogP contribution >= 0.6 is 0 Å². The van der Waals surface area contributed by atoms with Crippen molar-refractivity contribution in [1.82, 2.24) is 10.2 Å². The molecule has 0 saturated carbocycles. The van der Waals surface area contributed by atoms with Gasteiger partial charge in [0.05, 0.1) is 12.1 Å². The fraction of sp³-hybridized carbons (Fsp3) is 0.533. The minimum atomic E-state index is -4.38. The second-order valence-electron chi connectivity index (χ2n) is 6.13. The van der Waals surface area contributed by atoms with Crippen LogP contribution in [0, 0.1) is 0 Å². The fourth-order valence-corrected chi connectivity index (χ4v) is 1.98. The van der Waals surface area contributed by atoms with Crippen LogP contribution in [0.15, 0.2) is 24.3 Å². The lowest BCUT2D eigenvalue weighted by atomic mass is 10.1. The first-order valence-electron chi connectivity index (χ1n) is 6.64. The van der Waals surface area contributed by atoms with E-state index in [1.807, 2.05) is 20.8 Å². The van der Waals surface area contributed by atoms with E-state index in [-0.39, 0.29) is 30.1 Å². The first-order chi connectivity index (χ1) is 9.49. The summed E-state index contributed by atoms with van der Waals surface area (Å²) in [7, 11) is 1.62. The molecule has 0 aliphatic rings. The summed E-state index contributed by atoms with van der Waals surface area (Å²) < 4.78 is 38.7. The van der Waals surface area contributed by atoms with Gasteiger partial charge in [-0.3, -0.25) is 9.69 Å². The Morgan fingerprint density at radius 3 is 2.29 bits per heavy atom. The molecule has 1 rings (SSSR count). The summed E-state index contributed by atoms with van der Waals surface area (Å²) in [4.78, 5) is 13.3. The van der Waals surface area contributed by atoms with E-state index >= 15 is 0 Å². The lowest BCUT2D eigenvalue weighted by Gasteiger charge is -2.24. The summed E-state index contributed by atoms with van der Waals surface area (Å²) in [5.74, 6) is -0.213. The zero-order valence-electron chi connectivity index (χ0n) is 12.7. The number of rotatable bonds is 4. The maximum atomic E-state index is 12.9. The minimum absolute atomic E-state index is 0.0451. The van der Waals surface area contributed by atoms with E-state index in [9.17, 15) is 18.0 Å². The SMILES string of the molecule is CN(CC(=O)NC(C)(C)C)Cc1ccccc1C(F)(F)F. The molecule has 0 aliphatic carbocycles. The predicted molar refractivity (Wildman–Crippen MR) is 75.7 cm³/mol. The number of nitrogens with one attached hydrogen (secondary N) is 1. The molecule has 3 nitrogen and oxygen atoms in total. The van der Waals surface area contributed by atoms with Gasteiger partial charge in [0, 0.05) is 12.1 Å². The standard InChI is InChI=1S/C15H21F3N2O/c1-14(2,3)19-13(21)10-20(4)9-11-7-5-6-8-12(11)15(16,17)18/h5-8H,9-10H2,1-4H3,(H,19,21). The molecule has 0 spiro atoms. The molecule has 21 heavy (non-hydrogen) atoms. The van der Waals surface area contributed by atoms with E-state index < -0.39 is 11.7 Å². The highest BCUT2D eigenvalue weighted by Crippen LogP contribution is 2.32. The topological polar surface area (TPSA) is 32.3 Å². The van der Waals surface area contributed by atoms with Crippen molar-refractivity contribution in [3.05, 3.63) is 35.4 Å². The molecule has 1 aromatic carbocycles. The largest absolute Gasteiger partial charge is 0.416 e.